The van der Waals surface area contributed by atoms with Gasteiger partial charge in [0.2, 0.25) is 0 Å². The summed E-state index contributed by atoms with van der Waals surface area (Å²) < 4.78 is 10.8. The summed E-state index contributed by atoms with van der Waals surface area (Å²) >= 11 is 0. The molecule has 0 bridgehead atoms. The molecule has 0 aromatic heterocycles. The van der Waals surface area contributed by atoms with Crippen LogP contribution < -0.4 is 9.47 Å². The zero-order valence-electron chi connectivity index (χ0n) is 21.4. The number of hydrogen-bond acceptors (Lipinski definition) is 2. The van der Waals surface area contributed by atoms with Crippen molar-refractivity contribution in [2.45, 2.75) is 0 Å². The van der Waals surface area contributed by atoms with E-state index in [9.17, 15) is 0 Å². The molecule has 0 amide bonds. The Labute approximate surface area is 221 Å². The molecule has 2 heteroatoms. The SMILES string of the molecule is COc1ccc(-c2cc3cc4cc(-c5ccc(OC)cc5)c5ccccc5c4cc3c3ccccc23)cc1. The molecule has 0 aliphatic carbocycles. The number of hydrogen-bond donors (Lipinski definition) is 0. The van der Waals surface area contributed by atoms with E-state index in [4.69, 9.17) is 9.47 Å². The van der Waals surface area contributed by atoms with Crippen molar-refractivity contribution < 1.29 is 9.47 Å². The standard InChI is InChI=1S/C36H26O2/c1-37-27-15-11-23(12-16-27)33-20-25-19-26-21-34(24-13-17-28(38-2)18-14-24)30-8-4-6-10-32(30)36(26)22-35(25)31-9-5-3-7-29(31)33/h3-22H,1-2H3. The summed E-state index contributed by atoms with van der Waals surface area (Å²) in [6.45, 7) is 0. The number of methoxy groups -OCH3 is 2. The molecule has 0 saturated carbocycles. The summed E-state index contributed by atoms with van der Waals surface area (Å²) in [5, 5.41) is 10.0. The van der Waals surface area contributed by atoms with E-state index >= 15 is 0 Å². The van der Waals surface area contributed by atoms with Gasteiger partial charge in [-0.15, -0.1) is 0 Å². The third kappa shape index (κ3) is 3.57. The first-order valence-corrected chi connectivity index (χ1v) is 12.8. The number of fused-ring (bicyclic) bond motifs is 6. The van der Waals surface area contributed by atoms with E-state index in [0.29, 0.717) is 0 Å². The summed E-state index contributed by atoms with van der Waals surface area (Å²) in [7, 11) is 3.41. The van der Waals surface area contributed by atoms with Crippen LogP contribution in [0.2, 0.25) is 0 Å². The van der Waals surface area contributed by atoms with Crippen LogP contribution >= 0.6 is 0 Å². The second kappa shape index (κ2) is 8.93. The highest BCUT2D eigenvalue weighted by atomic mass is 16.5. The van der Waals surface area contributed by atoms with Crippen molar-refractivity contribution >= 4 is 43.1 Å². The molecule has 7 aromatic carbocycles. The largest absolute Gasteiger partial charge is 0.497 e. The highest BCUT2D eigenvalue weighted by molar-refractivity contribution is 6.22. The van der Waals surface area contributed by atoms with Crippen LogP contribution in [0.1, 0.15) is 0 Å². The van der Waals surface area contributed by atoms with E-state index in [2.05, 4.69) is 97.1 Å². The molecule has 0 saturated heterocycles. The molecule has 0 radical (unpaired) electrons. The third-order valence-electron chi connectivity index (χ3n) is 7.64. The van der Waals surface area contributed by atoms with E-state index in [0.717, 1.165) is 11.5 Å². The Hall–Kier alpha value is -4.82. The van der Waals surface area contributed by atoms with Gasteiger partial charge in [-0.25, -0.2) is 0 Å². The van der Waals surface area contributed by atoms with Crippen molar-refractivity contribution in [3.05, 3.63) is 121 Å². The van der Waals surface area contributed by atoms with Crippen molar-refractivity contribution in [3.8, 4) is 33.8 Å². The fourth-order valence-corrected chi connectivity index (χ4v) is 5.73. The van der Waals surface area contributed by atoms with Crippen molar-refractivity contribution in [1.82, 2.24) is 0 Å². The van der Waals surface area contributed by atoms with Crippen molar-refractivity contribution in [3.63, 3.8) is 0 Å². The zero-order valence-corrected chi connectivity index (χ0v) is 21.4. The molecule has 0 spiro atoms. The van der Waals surface area contributed by atoms with Gasteiger partial charge in [0.05, 0.1) is 14.2 Å². The van der Waals surface area contributed by atoms with Gasteiger partial charge < -0.3 is 9.47 Å². The summed E-state index contributed by atoms with van der Waals surface area (Å²) in [6.07, 6.45) is 0. The predicted molar refractivity (Wildman–Crippen MR) is 160 cm³/mol. The second-order valence-corrected chi connectivity index (χ2v) is 9.69. The van der Waals surface area contributed by atoms with Crippen LogP contribution in [0, 0.1) is 0 Å². The molecule has 7 rings (SSSR count). The van der Waals surface area contributed by atoms with Gasteiger partial charge in [-0.1, -0.05) is 72.8 Å². The van der Waals surface area contributed by atoms with E-state index in [1.807, 2.05) is 24.3 Å². The Kier molecular flexibility index (Phi) is 5.26. The smallest absolute Gasteiger partial charge is 0.118 e. The Bertz CT molecular complexity index is 1820. The van der Waals surface area contributed by atoms with Crippen LogP contribution in [-0.2, 0) is 0 Å². The molecule has 0 aliphatic rings. The maximum Gasteiger partial charge on any atom is 0.118 e. The minimum Gasteiger partial charge on any atom is -0.497 e. The van der Waals surface area contributed by atoms with Gasteiger partial charge in [0.15, 0.2) is 0 Å². The van der Waals surface area contributed by atoms with Crippen molar-refractivity contribution in [2.24, 2.45) is 0 Å². The average molecular weight is 491 g/mol. The van der Waals surface area contributed by atoms with Gasteiger partial charge in [0, 0.05) is 0 Å². The molecule has 7 aromatic rings. The molecule has 2 nitrogen and oxygen atoms in total. The molecule has 0 atom stereocenters. The highest BCUT2D eigenvalue weighted by Gasteiger charge is 2.13. The van der Waals surface area contributed by atoms with Crippen molar-refractivity contribution in [2.75, 3.05) is 14.2 Å². The van der Waals surface area contributed by atoms with E-state index in [1.54, 1.807) is 14.2 Å². The maximum atomic E-state index is 5.40. The molecule has 0 heterocycles. The number of ether oxygens (including phenoxy) is 2. The lowest BCUT2D eigenvalue weighted by molar-refractivity contribution is 0.415. The highest BCUT2D eigenvalue weighted by Crippen LogP contribution is 2.41. The van der Waals surface area contributed by atoms with Crippen LogP contribution in [0.3, 0.4) is 0 Å². The van der Waals surface area contributed by atoms with Gasteiger partial charge in [0.25, 0.3) is 0 Å². The Morgan fingerprint density at radius 2 is 0.763 bits per heavy atom. The van der Waals surface area contributed by atoms with Crippen molar-refractivity contribution in [1.29, 1.82) is 0 Å². The van der Waals surface area contributed by atoms with Gasteiger partial charge in [-0.2, -0.15) is 0 Å². The number of benzene rings is 7. The molecular weight excluding hydrogens is 464 g/mol. The minimum atomic E-state index is 0.864. The van der Waals surface area contributed by atoms with Crippen LogP contribution in [0.4, 0.5) is 0 Å². The first-order valence-electron chi connectivity index (χ1n) is 12.8. The van der Waals surface area contributed by atoms with Gasteiger partial charge in [-0.3, -0.25) is 0 Å². The maximum absolute atomic E-state index is 5.40. The second-order valence-electron chi connectivity index (χ2n) is 9.69. The summed E-state index contributed by atoms with van der Waals surface area (Å²) in [5.74, 6) is 1.73. The average Bonchev–Trinajstić information content (AvgIpc) is 2.99. The Balaban J connectivity index is 1.54. The Morgan fingerprint density at radius 3 is 1.16 bits per heavy atom. The zero-order chi connectivity index (χ0) is 25.6. The molecule has 0 N–H and O–H groups in total. The van der Waals surface area contributed by atoms with Gasteiger partial charge in [-0.05, 0) is 114 Å². The normalized spacial score (nSPS) is 11.4. The first-order chi connectivity index (χ1) is 18.7. The van der Waals surface area contributed by atoms with Crippen LogP contribution in [0.25, 0.3) is 65.3 Å². The lowest BCUT2D eigenvalue weighted by atomic mass is 9.89. The van der Waals surface area contributed by atoms with Gasteiger partial charge >= 0.3 is 0 Å². The monoisotopic (exact) mass is 490 g/mol. The van der Waals surface area contributed by atoms with E-state index < -0.39 is 0 Å². The van der Waals surface area contributed by atoms with E-state index in [1.165, 1.54) is 65.3 Å². The topological polar surface area (TPSA) is 18.5 Å². The minimum absolute atomic E-state index is 0.864. The predicted octanol–water partition coefficient (Wildman–Crippen LogP) is 9.65. The lowest BCUT2D eigenvalue weighted by Gasteiger charge is -2.15. The molecule has 0 aliphatic heterocycles. The fourth-order valence-electron chi connectivity index (χ4n) is 5.73. The fraction of sp³-hybridized carbons (Fsp3) is 0.0556. The molecule has 0 fully saturated rings. The van der Waals surface area contributed by atoms with Gasteiger partial charge in [0.1, 0.15) is 11.5 Å². The quantitative estimate of drug-likeness (QED) is 0.181. The molecule has 182 valence electrons. The Morgan fingerprint density at radius 1 is 0.368 bits per heavy atom. The van der Waals surface area contributed by atoms with E-state index in [-0.39, 0.29) is 0 Å². The summed E-state index contributed by atoms with van der Waals surface area (Å²) in [4.78, 5) is 0. The molecule has 0 unspecified atom stereocenters. The third-order valence-corrected chi connectivity index (χ3v) is 7.64. The first kappa shape index (κ1) is 22.4. The lowest BCUT2D eigenvalue weighted by Crippen LogP contribution is -1.89. The summed E-state index contributed by atoms with van der Waals surface area (Å²) in [5.41, 5.74) is 4.82. The van der Waals surface area contributed by atoms with Crippen LogP contribution in [0.15, 0.2) is 121 Å². The number of rotatable bonds is 4. The molecular formula is C36H26O2. The van der Waals surface area contributed by atoms with Crippen LogP contribution in [-0.4, -0.2) is 14.2 Å². The molecule has 38 heavy (non-hydrogen) atoms. The van der Waals surface area contributed by atoms with Crippen LogP contribution in [0.5, 0.6) is 11.5 Å². The summed E-state index contributed by atoms with van der Waals surface area (Å²) in [6, 6.07) is 43.5.